The molecule has 35 heavy (non-hydrogen) atoms. The van der Waals surface area contributed by atoms with Crippen molar-refractivity contribution in [1.29, 1.82) is 0 Å². The second-order valence-electron chi connectivity index (χ2n) is 11.1. The Morgan fingerprint density at radius 2 is 1.26 bits per heavy atom. The molecule has 4 rings (SSSR count). The zero-order valence-electron chi connectivity index (χ0n) is 21.6. The molecule has 4 aromatic rings. The Balaban J connectivity index is 1.40. The van der Waals surface area contributed by atoms with Gasteiger partial charge in [0.2, 0.25) is 5.16 Å². The lowest BCUT2D eigenvalue weighted by Gasteiger charge is -2.19. The van der Waals surface area contributed by atoms with Crippen LogP contribution in [0.5, 0.6) is 0 Å². The minimum atomic E-state index is 0.155. The zero-order chi connectivity index (χ0) is 25.2. The second kappa shape index (κ2) is 9.86. The van der Waals surface area contributed by atoms with Crippen molar-refractivity contribution in [2.45, 2.75) is 69.8 Å². The number of hydrogen-bond donors (Lipinski definition) is 1. The van der Waals surface area contributed by atoms with Crippen LogP contribution in [0.2, 0.25) is 0 Å². The summed E-state index contributed by atoms with van der Waals surface area (Å²) in [6, 6.07) is 21.7. The smallest absolute Gasteiger partial charge is 0.210 e. The van der Waals surface area contributed by atoms with Crippen LogP contribution in [0, 0.1) is 0 Å². The number of benzene rings is 2. The summed E-state index contributed by atoms with van der Waals surface area (Å²) in [5, 5.41) is 9.38. The predicted octanol–water partition coefficient (Wildman–Crippen LogP) is 5.88. The number of nitrogen functional groups attached to an aromatic ring is 1. The van der Waals surface area contributed by atoms with Crippen molar-refractivity contribution in [3.8, 4) is 11.4 Å². The molecule has 0 unspecified atom stereocenters. The van der Waals surface area contributed by atoms with Crippen LogP contribution in [0.1, 0.15) is 63.8 Å². The van der Waals surface area contributed by atoms with Gasteiger partial charge in [-0.25, -0.2) is 9.24 Å². The Morgan fingerprint density at radius 1 is 0.743 bits per heavy atom. The number of aromatic nitrogens is 4. The van der Waals surface area contributed by atoms with E-state index in [1.165, 1.54) is 22.3 Å². The van der Waals surface area contributed by atoms with Gasteiger partial charge in [-0.3, -0.25) is 0 Å². The van der Waals surface area contributed by atoms with Gasteiger partial charge in [-0.1, -0.05) is 102 Å². The molecule has 182 valence electrons. The second-order valence-corrected chi connectivity index (χ2v) is 12.1. The molecule has 0 aliphatic heterocycles. The Kier molecular flexibility index (Phi) is 7.04. The molecule has 0 atom stereocenters. The van der Waals surface area contributed by atoms with Crippen LogP contribution in [0.25, 0.3) is 11.4 Å². The van der Waals surface area contributed by atoms with Gasteiger partial charge >= 0.3 is 0 Å². The van der Waals surface area contributed by atoms with Crippen LogP contribution in [-0.4, -0.2) is 14.9 Å². The molecular weight excluding hydrogens is 450 g/mol. The first-order chi connectivity index (χ1) is 16.5. The standard InChI is InChI=1S/C29H36N5S/c1-28(2,3)24-11-7-21(8-12-24)19-33-17-15-23(16-18-33)26-31-32-27(34(26)30)35-20-22-9-13-25(14-10-22)29(4,5)6/h7-18H,19-20,30H2,1-6H3/q+1. The average molecular weight is 487 g/mol. The van der Waals surface area contributed by atoms with Crippen molar-refractivity contribution >= 4 is 11.8 Å². The molecule has 0 radical (unpaired) electrons. The highest BCUT2D eigenvalue weighted by Gasteiger charge is 2.16. The lowest BCUT2D eigenvalue weighted by atomic mass is 9.87. The number of rotatable bonds is 6. The molecule has 0 aliphatic carbocycles. The normalized spacial score (nSPS) is 12.2. The van der Waals surface area contributed by atoms with Gasteiger partial charge in [-0.05, 0) is 27.5 Å². The Hall–Kier alpha value is -3.12. The number of pyridine rings is 1. The van der Waals surface area contributed by atoms with E-state index >= 15 is 0 Å². The van der Waals surface area contributed by atoms with E-state index in [1.54, 1.807) is 16.4 Å². The van der Waals surface area contributed by atoms with E-state index < -0.39 is 0 Å². The lowest BCUT2D eigenvalue weighted by Crippen LogP contribution is -2.33. The Bertz CT molecular complexity index is 1260. The van der Waals surface area contributed by atoms with Gasteiger partial charge in [0.15, 0.2) is 24.8 Å². The molecule has 0 spiro atoms. The number of nitrogens with zero attached hydrogens (tertiary/aromatic N) is 4. The van der Waals surface area contributed by atoms with Crippen molar-refractivity contribution in [3.63, 3.8) is 0 Å². The van der Waals surface area contributed by atoms with E-state index in [4.69, 9.17) is 5.84 Å². The van der Waals surface area contributed by atoms with Gasteiger partial charge in [0.05, 0.1) is 0 Å². The molecule has 2 N–H and O–H groups in total. The van der Waals surface area contributed by atoms with Crippen molar-refractivity contribution in [1.82, 2.24) is 14.9 Å². The first-order valence-corrected chi connectivity index (χ1v) is 13.0. The third kappa shape index (κ3) is 6.12. The summed E-state index contributed by atoms with van der Waals surface area (Å²) in [6.45, 7) is 14.2. The highest BCUT2D eigenvalue weighted by atomic mass is 32.2. The molecular formula is C29H36N5S+. The zero-order valence-corrected chi connectivity index (χ0v) is 22.4. The van der Waals surface area contributed by atoms with Crippen molar-refractivity contribution in [2.24, 2.45) is 0 Å². The summed E-state index contributed by atoms with van der Waals surface area (Å²) in [5.41, 5.74) is 6.46. The average Bonchev–Trinajstić information content (AvgIpc) is 3.18. The molecule has 2 heterocycles. The first-order valence-electron chi connectivity index (χ1n) is 12.0. The van der Waals surface area contributed by atoms with Crippen molar-refractivity contribution < 1.29 is 4.57 Å². The van der Waals surface area contributed by atoms with Gasteiger partial charge in [0.25, 0.3) is 0 Å². The number of nitrogens with two attached hydrogens (primary N) is 1. The molecule has 0 bridgehead atoms. The molecule has 2 aromatic heterocycles. The topological polar surface area (TPSA) is 60.6 Å². The third-order valence-electron chi connectivity index (χ3n) is 6.19. The number of thioether (sulfide) groups is 1. The van der Waals surface area contributed by atoms with Gasteiger partial charge in [0.1, 0.15) is 0 Å². The maximum atomic E-state index is 6.36. The monoisotopic (exact) mass is 486 g/mol. The maximum Gasteiger partial charge on any atom is 0.210 e. The molecule has 0 fully saturated rings. The van der Waals surface area contributed by atoms with E-state index in [1.807, 2.05) is 12.1 Å². The highest BCUT2D eigenvalue weighted by Crippen LogP contribution is 2.27. The fourth-order valence-corrected chi connectivity index (χ4v) is 4.67. The minimum Gasteiger partial charge on any atom is -0.335 e. The van der Waals surface area contributed by atoms with Crippen LogP contribution >= 0.6 is 11.8 Å². The van der Waals surface area contributed by atoms with E-state index in [9.17, 15) is 0 Å². The number of hydrogen-bond acceptors (Lipinski definition) is 4. The van der Waals surface area contributed by atoms with Crippen molar-refractivity contribution in [3.05, 3.63) is 95.3 Å². The lowest BCUT2D eigenvalue weighted by molar-refractivity contribution is -0.688. The molecule has 0 saturated carbocycles. The molecule has 0 saturated heterocycles. The van der Waals surface area contributed by atoms with Gasteiger partial charge in [-0.15, -0.1) is 10.2 Å². The summed E-state index contributed by atoms with van der Waals surface area (Å²) in [5.74, 6) is 7.81. The van der Waals surface area contributed by atoms with E-state index in [2.05, 4.69) is 117 Å². The van der Waals surface area contributed by atoms with Crippen LogP contribution in [0.3, 0.4) is 0 Å². The fraction of sp³-hybridized carbons (Fsp3) is 0.345. The van der Waals surface area contributed by atoms with E-state index in [-0.39, 0.29) is 10.8 Å². The molecule has 5 nitrogen and oxygen atoms in total. The highest BCUT2D eigenvalue weighted by molar-refractivity contribution is 7.98. The molecule has 0 aliphatic rings. The van der Waals surface area contributed by atoms with Gasteiger partial charge in [-0.2, -0.15) is 0 Å². The summed E-state index contributed by atoms with van der Waals surface area (Å²) in [7, 11) is 0. The van der Waals surface area contributed by atoms with Gasteiger partial charge < -0.3 is 5.84 Å². The van der Waals surface area contributed by atoms with Crippen molar-refractivity contribution in [2.75, 3.05) is 5.84 Å². The summed E-state index contributed by atoms with van der Waals surface area (Å²) in [6.07, 6.45) is 4.12. The fourth-order valence-electron chi connectivity index (χ4n) is 3.85. The molecule has 6 heteroatoms. The predicted molar refractivity (Wildman–Crippen MR) is 145 cm³/mol. The third-order valence-corrected chi connectivity index (χ3v) is 7.20. The van der Waals surface area contributed by atoms with E-state index in [0.29, 0.717) is 11.0 Å². The molecule has 2 aromatic carbocycles. The molecule has 0 amide bonds. The first kappa shape index (κ1) is 25.0. The SMILES string of the molecule is CC(C)(C)c1ccc(CSc2nnc(-c3cc[n+](Cc4ccc(C(C)(C)C)cc4)cc3)n2N)cc1. The van der Waals surface area contributed by atoms with Crippen LogP contribution in [-0.2, 0) is 23.1 Å². The summed E-state index contributed by atoms with van der Waals surface area (Å²) in [4.78, 5) is 0. The van der Waals surface area contributed by atoms with Gasteiger partial charge in [0, 0.05) is 29.0 Å². The van der Waals surface area contributed by atoms with Crippen LogP contribution < -0.4 is 10.4 Å². The maximum absolute atomic E-state index is 6.36. The Morgan fingerprint density at radius 3 is 1.77 bits per heavy atom. The Labute approximate surface area is 213 Å². The largest absolute Gasteiger partial charge is 0.335 e. The van der Waals surface area contributed by atoms with Crippen LogP contribution in [0.4, 0.5) is 0 Å². The summed E-state index contributed by atoms with van der Waals surface area (Å²) >= 11 is 1.60. The van der Waals surface area contributed by atoms with Crippen LogP contribution in [0.15, 0.2) is 78.2 Å². The van der Waals surface area contributed by atoms with E-state index in [0.717, 1.165) is 17.9 Å². The minimum absolute atomic E-state index is 0.155. The summed E-state index contributed by atoms with van der Waals surface area (Å²) < 4.78 is 3.74. The quantitative estimate of drug-likeness (QED) is 0.210.